The molecule has 1 aliphatic heterocycles. The van der Waals surface area contributed by atoms with Crippen LogP contribution in [-0.4, -0.2) is 41.5 Å². The minimum absolute atomic E-state index is 0.171. The SMILES string of the molecule is O=C(CN1CCCC1CCCO)c1cc(Br)sc1Br. The van der Waals surface area contributed by atoms with Gasteiger partial charge in [-0.2, -0.15) is 0 Å². The van der Waals surface area contributed by atoms with Gasteiger partial charge in [0, 0.05) is 18.2 Å². The van der Waals surface area contributed by atoms with Crippen molar-refractivity contribution in [3.8, 4) is 0 Å². The number of likely N-dealkylation sites (tertiary alicyclic amines) is 1. The van der Waals surface area contributed by atoms with Crippen molar-refractivity contribution < 1.29 is 9.90 Å². The zero-order valence-corrected chi connectivity index (χ0v) is 14.6. The van der Waals surface area contributed by atoms with E-state index in [4.69, 9.17) is 5.11 Å². The number of halogens is 2. The maximum absolute atomic E-state index is 12.3. The molecule has 1 aromatic rings. The number of nitrogens with zero attached hydrogens (tertiary/aromatic N) is 1. The Morgan fingerprint density at radius 2 is 2.32 bits per heavy atom. The molecule has 19 heavy (non-hydrogen) atoms. The van der Waals surface area contributed by atoms with Crippen LogP contribution in [0, 0.1) is 0 Å². The summed E-state index contributed by atoms with van der Waals surface area (Å²) in [6.07, 6.45) is 4.10. The summed E-state index contributed by atoms with van der Waals surface area (Å²) in [4.78, 5) is 14.6. The second-order valence-corrected chi connectivity index (χ2v) is 8.54. The molecule has 2 heterocycles. The van der Waals surface area contributed by atoms with Crippen LogP contribution in [0.1, 0.15) is 36.0 Å². The third-order valence-corrected chi connectivity index (χ3v) is 5.84. The second-order valence-electron chi connectivity index (χ2n) is 4.79. The van der Waals surface area contributed by atoms with Crippen LogP contribution in [0.5, 0.6) is 0 Å². The van der Waals surface area contributed by atoms with Crippen molar-refractivity contribution in [2.45, 2.75) is 31.7 Å². The highest BCUT2D eigenvalue weighted by Crippen LogP contribution is 2.32. The molecule has 1 unspecified atom stereocenters. The summed E-state index contributed by atoms with van der Waals surface area (Å²) < 4.78 is 1.87. The first kappa shape index (κ1) is 15.6. The van der Waals surface area contributed by atoms with E-state index >= 15 is 0 Å². The lowest BCUT2D eigenvalue weighted by Gasteiger charge is -2.23. The Labute approximate surface area is 134 Å². The lowest BCUT2D eigenvalue weighted by molar-refractivity contribution is 0.0915. The van der Waals surface area contributed by atoms with Crippen molar-refractivity contribution in [3.63, 3.8) is 0 Å². The van der Waals surface area contributed by atoms with E-state index in [0.717, 1.165) is 45.4 Å². The van der Waals surface area contributed by atoms with Gasteiger partial charge < -0.3 is 5.11 Å². The molecule has 0 radical (unpaired) electrons. The number of rotatable bonds is 6. The van der Waals surface area contributed by atoms with E-state index < -0.39 is 0 Å². The Bertz CT molecular complexity index is 450. The summed E-state index contributed by atoms with van der Waals surface area (Å²) in [5.41, 5.74) is 0.768. The molecule has 0 aromatic carbocycles. The van der Waals surface area contributed by atoms with Crippen LogP contribution in [-0.2, 0) is 0 Å². The first-order chi connectivity index (χ1) is 9.11. The average molecular weight is 411 g/mol. The van der Waals surface area contributed by atoms with Crippen molar-refractivity contribution in [1.29, 1.82) is 0 Å². The summed E-state index contributed by atoms with van der Waals surface area (Å²) >= 11 is 8.38. The molecule has 0 saturated carbocycles. The predicted molar refractivity (Wildman–Crippen MR) is 85.0 cm³/mol. The molecule has 6 heteroatoms. The topological polar surface area (TPSA) is 40.5 Å². The number of aliphatic hydroxyl groups excluding tert-OH is 1. The molecule has 1 N–H and O–H groups in total. The minimum Gasteiger partial charge on any atom is -0.396 e. The van der Waals surface area contributed by atoms with Gasteiger partial charge >= 0.3 is 0 Å². The molecule has 0 spiro atoms. The van der Waals surface area contributed by atoms with Gasteiger partial charge in [0.25, 0.3) is 0 Å². The number of aliphatic hydroxyl groups is 1. The zero-order chi connectivity index (χ0) is 13.8. The van der Waals surface area contributed by atoms with Gasteiger partial charge in [-0.15, -0.1) is 11.3 Å². The molecule has 2 rings (SSSR count). The first-order valence-corrected chi connectivity index (χ1v) is 8.85. The fraction of sp³-hybridized carbons (Fsp3) is 0.615. The summed E-state index contributed by atoms with van der Waals surface area (Å²) in [6, 6.07) is 2.34. The van der Waals surface area contributed by atoms with Crippen molar-refractivity contribution in [2.24, 2.45) is 0 Å². The zero-order valence-electron chi connectivity index (χ0n) is 10.6. The lowest BCUT2D eigenvalue weighted by atomic mass is 10.1. The van der Waals surface area contributed by atoms with Gasteiger partial charge in [-0.25, -0.2) is 0 Å². The van der Waals surface area contributed by atoms with E-state index in [1.54, 1.807) is 0 Å². The maximum Gasteiger partial charge on any atom is 0.178 e. The number of carbonyl (C=O) groups is 1. The van der Waals surface area contributed by atoms with Crippen LogP contribution in [0.25, 0.3) is 0 Å². The smallest absolute Gasteiger partial charge is 0.178 e. The van der Waals surface area contributed by atoms with Crippen molar-refractivity contribution in [2.75, 3.05) is 19.7 Å². The van der Waals surface area contributed by atoms with Crippen molar-refractivity contribution in [1.82, 2.24) is 4.90 Å². The quantitative estimate of drug-likeness (QED) is 0.727. The minimum atomic E-state index is 0.171. The van der Waals surface area contributed by atoms with Crippen LogP contribution in [0.3, 0.4) is 0 Å². The molecular weight excluding hydrogens is 394 g/mol. The Morgan fingerprint density at radius 3 is 2.95 bits per heavy atom. The van der Waals surface area contributed by atoms with Crippen LogP contribution >= 0.6 is 43.2 Å². The van der Waals surface area contributed by atoms with E-state index in [9.17, 15) is 4.79 Å². The molecular formula is C13H17Br2NO2S. The summed E-state index contributed by atoms with van der Waals surface area (Å²) in [7, 11) is 0. The Kier molecular flexibility index (Phi) is 6.02. The van der Waals surface area contributed by atoms with Crippen molar-refractivity contribution in [3.05, 3.63) is 19.2 Å². The molecule has 0 bridgehead atoms. The molecule has 1 fully saturated rings. The van der Waals surface area contributed by atoms with Gasteiger partial charge in [0.2, 0.25) is 0 Å². The Morgan fingerprint density at radius 1 is 1.53 bits per heavy atom. The summed E-state index contributed by atoms with van der Waals surface area (Å²) in [5.74, 6) is 0.171. The molecule has 1 aliphatic rings. The molecule has 0 amide bonds. The monoisotopic (exact) mass is 409 g/mol. The Balaban J connectivity index is 1.96. The van der Waals surface area contributed by atoms with Gasteiger partial charge in [-0.1, -0.05) is 0 Å². The summed E-state index contributed by atoms with van der Waals surface area (Å²) in [6.45, 7) is 1.71. The van der Waals surface area contributed by atoms with E-state index in [1.807, 2.05) is 6.07 Å². The third-order valence-electron chi connectivity index (χ3n) is 3.50. The molecule has 1 saturated heterocycles. The predicted octanol–water partition coefficient (Wildman–Crippen LogP) is 3.69. The first-order valence-electron chi connectivity index (χ1n) is 6.44. The van der Waals surface area contributed by atoms with E-state index in [-0.39, 0.29) is 12.4 Å². The average Bonchev–Trinajstić information content (AvgIpc) is 2.93. The fourth-order valence-electron chi connectivity index (χ4n) is 2.56. The Hall–Kier alpha value is 0.250. The van der Waals surface area contributed by atoms with Gasteiger partial charge in [0.1, 0.15) is 0 Å². The van der Waals surface area contributed by atoms with E-state index in [2.05, 4.69) is 36.8 Å². The van der Waals surface area contributed by atoms with Gasteiger partial charge in [-0.3, -0.25) is 9.69 Å². The van der Waals surface area contributed by atoms with Gasteiger partial charge in [0.05, 0.1) is 14.1 Å². The van der Waals surface area contributed by atoms with Crippen molar-refractivity contribution >= 4 is 49.0 Å². The largest absolute Gasteiger partial charge is 0.396 e. The summed E-state index contributed by atoms with van der Waals surface area (Å²) in [5, 5.41) is 8.92. The number of thiophene rings is 1. The second kappa shape index (κ2) is 7.31. The molecule has 1 aromatic heterocycles. The van der Waals surface area contributed by atoms with Crippen LogP contribution in [0.2, 0.25) is 0 Å². The van der Waals surface area contributed by atoms with Gasteiger partial charge in [-0.05, 0) is 70.2 Å². The highest BCUT2D eigenvalue weighted by Gasteiger charge is 2.27. The number of carbonyl (C=O) groups excluding carboxylic acids is 1. The molecule has 3 nitrogen and oxygen atoms in total. The van der Waals surface area contributed by atoms with Crippen LogP contribution < -0.4 is 0 Å². The van der Waals surface area contributed by atoms with E-state index in [0.29, 0.717) is 12.6 Å². The van der Waals surface area contributed by atoms with Crippen LogP contribution in [0.15, 0.2) is 13.6 Å². The number of hydrogen-bond donors (Lipinski definition) is 1. The van der Waals surface area contributed by atoms with Gasteiger partial charge in [0.15, 0.2) is 5.78 Å². The standard InChI is InChI=1S/C13H17Br2NO2S/c14-12-7-10(13(15)19-12)11(18)8-16-5-1-3-9(16)4-2-6-17/h7,9,17H,1-6,8H2. The normalized spacial score (nSPS) is 20.1. The highest BCUT2D eigenvalue weighted by molar-refractivity contribution is 9.12. The molecule has 0 aliphatic carbocycles. The number of Topliss-reactive ketones (excluding diaryl/α,β-unsaturated/α-hetero) is 1. The number of ketones is 1. The lowest BCUT2D eigenvalue weighted by Crippen LogP contribution is -2.34. The number of hydrogen-bond acceptors (Lipinski definition) is 4. The van der Waals surface area contributed by atoms with Crippen LogP contribution in [0.4, 0.5) is 0 Å². The molecule has 106 valence electrons. The molecule has 1 atom stereocenters. The fourth-order valence-corrected chi connectivity index (χ4v) is 5.41. The maximum atomic E-state index is 12.3. The van der Waals surface area contributed by atoms with E-state index in [1.165, 1.54) is 11.3 Å². The third kappa shape index (κ3) is 4.11. The highest BCUT2D eigenvalue weighted by atomic mass is 79.9.